The molecule has 0 fully saturated rings. The third kappa shape index (κ3) is 5.12. The molecule has 10 heteroatoms. The molecule has 0 saturated carbocycles. The Bertz CT molecular complexity index is 1080. The largest absolute Gasteiger partial charge is 0.375 e. The van der Waals surface area contributed by atoms with Gasteiger partial charge in [-0.25, -0.2) is 20.0 Å². The fourth-order valence-corrected chi connectivity index (χ4v) is 2.48. The summed E-state index contributed by atoms with van der Waals surface area (Å²) in [6.45, 7) is 0. The molecule has 1 aromatic carbocycles. The van der Waals surface area contributed by atoms with Gasteiger partial charge in [0.05, 0.1) is 36.9 Å². The molecule has 9 nitrogen and oxygen atoms in total. The second-order valence-electron chi connectivity index (χ2n) is 6.15. The summed E-state index contributed by atoms with van der Waals surface area (Å²) in [5.74, 6) is 1.08. The standard InChI is InChI=1S/C19H19N9S/c1-27-12-22-11-16(27)18-25-15(10-23-28(2)19(21)29)9-17(26-18)24-14-5-3-13(4-6-14)7-8-20/h3-6,9-12H,7H2,1-2H3,(H2,21,29)(H,24,25,26). The topological polar surface area (TPSA) is 121 Å². The number of nitrogens with two attached hydrogens (primary N) is 1. The van der Waals surface area contributed by atoms with Crippen molar-refractivity contribution in [2.75, 3.05) is 12.4 Å². The molecule has 0 atom stereocenters. The minimum Gasteiger partial charge on any atom is -0.375 e. The fourth-order valence-electron chi connectivity index (χ4n) is 2.43. The highest BCUT2D eigenvalue weighted by molar-refractivity contribution is 7.80. The zero-order valence-corrected chi connectivity index (χ0v) is 16.8. The Labute approximate surface area is 173 Å². The summed E-state index contributed by atoms with van der Waals surface area (Å²) in [7, 11) is 3.53. The first-order chi connectivity index (χ1) is 14.0. The molecule has 146 valence electrons. The van der Waals surface area contributed by atoms with E-state index in [1.54, 1.807) is 31.9 Å². The number of nitrogens with zero attached hydrogens (tertiary/aromatic N) is 7. The molecule has 0 radical (unpaired) electrons. The van der Waals surface area contributed by atoms with E-state index in [9.17, 15) is 0 Å². The lowest BCUT2D eigenvalue weighted by Crippen LogP contribution is -2.27. The predicted octanol–water partition coefficient (Wildman–Crippen LogP) is 2.20. The van der Waals surface area contributed by atoms with Crippen LogP contribution in [0.1, 0.15) is 11.3 Å². The highest BCUT2D eigenvalue weighted by Crippen LogP contribution is 2.20. The number of hydrogen-bond acceptors (Lipinski definition) is 7. The maximum Gasteiger partial charge on any atom is 0.186 e. The lowest BCUT2D eigenvalue weighted by molar-refractivity contribution is 0.552. The van der Waals surface area contributed by atoms with Crippen LogP contribution in [0.2, 0.25) is 0 Å². The van der Waals surface area contributed by atoms with Crippen molar-refractivity contribution in [3.05, 3.63) is 54.1 Å². The highest BCUT2D eigenvalue weighted by Gasteiger charge is 2.10. The molecule has 0 spiro atoms. The van der Waals surface area contributed by atoms with Crippen molar-refractivity contribution in [2.24, 2.45) is 17.9 Å². The van der Waals surface area contributed by atoms with Crippen LogP contribution < -0.4 is 11.1 Å². The van der Waals surface area contributed by atoms with E-state index in [4.69, 9.17) is 23.2 Å². The SMILES string of the molecule is CN(N=Cc1cc(Nc2ccc(CC#N)cc2)nc(-c2cncn2C)n1)C(N)=S. The average Bonchev–Trinajstić information content (AvgIpc) is 3.13. The predicted molar refractivity (Wildman–Crippen MR) is 115 cm³/mol. The van der Waals surface area contributed by atoms with Crippen molar-refractivity contribution in [1.82, 2.24) is 24.5 Å². The smallest absolute Gasteiger partial charge is 0.186 e. The minimum absolute atomic E-state index is 0.151. The van der Waals surface area contributed by atoms with Crippen molar-refractivity contribution < 1.29 is 0 Å². The Balaban J connectivity index is 1.94. The Kier molecular flexibility index (Phi) is 6.11. The van der Waals surface area contributed by atoms with E-state index in [-0.39, 0.29) is 5.11 Å². The number of aromatic nitrogens is 4. The Hall–Kier alpha value is -3.84. The van der Waals surface area contributed by atoms with E-state index in [1.807, 2.05) is 35.9 Å². The lowest BCUT2D eigenvalue weighted by atomic mass is 10.1. The molecule has 29 heavy (non-hydrogen) atoms. The molecule has 0 amide bonds. The van der Waals surface area contributed by atoms with Gasteiger partial charge in [-0.1, -0.05) is 12.1 Å². The Morgan fingerprint density at radius 1 is 1.38 bits per heavy atom. The van der Waals surface area contributed by atoms with Crippen molar-refractivity contribution in [3.8, 4) is 17.6 Å². The fraction of sp³-hybridized carbons (Fsp3) is 0.158. The molecule has 3 N–H and O–H groups in total. The number of hydrogen-bond donors (Lipinski definition) is 2. The van der Waals surface area contributed by atoms with E-state index < -0.39 is 0 Å². The van der Waals surface area contributed by atoms with E-state index in [0.717, 1.165) is 16.9 Å². The van der Waals surface area contributed by atoms with E-state index in [1.165, 1.54) is 5.01 Å². The number of anilines is 2. The van der Waals surface area contributed by atoms with E-state index >= 15 is 0 Å². The monoisotopic (exact) mass is 405 g/mol. The molecule has 2 aromatic heterocycles. The van der Waals surface area contributed by atoms with Gasteiger partial charge in [-0.2, -0.15) is 10.4 Å². The van der Waals surface area contributed by atoms with Gasteiger partial charge in [0.25, 0.3) is 0 Å². The number of imidazole rings is 1. The molecule has 3 aromatic rings. The molecule has 0 saturated heterocycles. The molecular weight excluding hydrogens is 386 g/mol. The second-order valence-corrected chi connectivity index (χ2v) is 6.57. The van der Waals surface area contributed by atoms with E-state index in [0.29, 0.717) is 23.8 Å². The second kappa shape index (κ2) is 8.90. The first-order valence-electron chi connectivity index (χ1n) is 8.62. The van der Waals surface area contributed by atoms with Gasteiger partial charge < -0.3 is 15.6 Å². The maximum absolute atomic E-state index is 8.80. The summed E-state index contributed by atoms with van der Waals surface area (Å²) in [6.07, 6.45) is 5.30. The van der Waals surface area contributed by atoms with Crippen molar-refractivity contribution in [3.63, 3.8) is 0 Å². The highest BCUT2D eigenvalue weighted by atomic mass is 32.1. The quantitative estimate of drug-likeness (QED) is 0.364. The van der Waals surface area contributed by atoms with Crippen LogP contribution in [-0.4, -0.2) is 42.9 Å². The molecule has 3 rings (SSSR count). The molecular formula is C19H19N9S. The van der Waals surface area contributed by atoms with Crippen LogP contribution in [-0.2, 0) is 13.5 Å². The minimum atomic E-state index is 0.151. The maximum atomic E-state index is 8.80. The summed E-state index contributed by atoms with van der Waals surface area (Å²) in [5, 5.41) is 17.8. The summed E-state index contributed by atoms with van der Waals surface area (Å²) < 4.78 is 1.83. The number of benzene rings is 1. The van der Waals surface area contributed by atoms with Gasteiger partial charge in [0.1, 0.15) is 11.5 Å². The number of thiocarbonyl (C=S) groups is 1. The van der Waals surface area contributed by atoms with Crippen molar-refractivity contribution in [2.45, 2.75) is 6.42 Å². The first-order valence-corrected chi connectivity index (χ1v) is 9.03. The number of aryl methyl sites for hydroxylation is 1. The van der Waals surface area contributed by atoms with Gasteiger partial charge in [0.15, 0.2) is 10.9 Å². The van der Waals surface area contributed by atoms with Crippen LogP contribution in [0.15, 0.2) is 48.0 Å². The van der Waals surface area contributed by atoms with Crippen LogP contribution in [0.3, 0.4) is 0 Å². The molecule has 0 aliphatic rings. The zero-order chi connectivity index (χ0) is 20.8. The molecule has 0 unspecified atom stereocenters. The van der Waals surface area contributed by atoms with Gasteiger partial charge in [0.2, 0.25) is 0 Å². The summed E-state index contributed by atoms with van der Waals surface area (Å²) in [6, 6.07) is 11.5. The summed E-state index contributed by atoms with van der Waals surface area (Å²) in [5.41, 5.74) is 8.68. The van der Waals surface area contributed by atoms with Crippen LogP contribution >= 0.6 is 12.2 Å². The number of rotatable bonds is 6. The molecule has 0 aliphatic carbocycles. The van der Waals surface area contributed by atoms with Crippen LogP contribution in [0, 0.1) is 11.3 Å². The van der Waals surface area contributed by atoms with Gasteiger partial charge in [-0.05, 0) is 29.9 Å². The van der Waals surface area contributed by atoms with Gasteiger partial charge in [-0.15, -0.1) is 0 Å². The zero-order valence-electron chi connectivity index (χ0n) is 15.9. The number of hydrazone groups is 1. The Morgan fingerprint density at radius 2 is 2.14 bits per heavy atom. The van der Waals surface area contributed by atoms with Crippen LogP contribution in [0.4, 0.5) is 11.5 Å². The van der Waals surface area contributed by atoms with Gasteiger partial charge in [-0.3, -0.25) is 0 Å². The van der Waals surface area contributed by atoms with Crippen LogP contribution in [0.25, 0.3) is 11.5 Å². The summed E-state index contributed by atoms with van der Waals surface area (Å²) >= 11 is 4.90. The number of nitriles is 1. The normalized spacial score (nSPS) is 10.7. The van der Waals surface area contributed by atoms with Crippen molar-refractivity contribution in [1.29, 1.82) is 5.26 Å². The Morgan fingerprint density at radius 3 is 2.76 bits per heavy atom. The van der Waals surface area contributed by atoms with E-state index in [2.05, 4.69) is 31.4 Å². The molecule has 2 heterocycles. The third-order valence-corrected chi connectivity index (χ3v) is 4.25. The average molecular weight is 405 g/mol. The van der Waals surface area contributed by atoms with Crippen LogP contribution in [0.5, 0.6) is 0 Å². The van der Waals surface area contributed by atoms with Gasteiger partial charge >= 0.3 is 0 Å². The lowest BCUT2D eigenvalue weighted by Gasteiger charge is -2.11. The first kappa shape index (κ1) is 19.9. The van der Waals surface area contributed by atoms with Crippen molar-refractivity contribution >= 4 is 35.1 Å². The van der Waals surface area contributed by atoms with Gasteiger partial charge in [0, 0.05) is 25.8 Å². The summed E-state index contributed by atoms with van der Waals surface area (Å²) in [4.78, 5) is 13.3. The molecule has 0 bridgehead atoms. The third-order valence-electron chi connectivity index (χ3n) is 3.98. The number of nitrogens with one attached hydrogen (secondary N) is 1. The molecule has 0 aliphatic heterocycles.